The van der Waals surface area contributed by atoms with Gasteiger partial charge in [0, 0.05) is 20.4 Å². The van der Waals surface area contributed by atoms with E-state index in [9.17, 15) is 9.59 Å². The number of carbonyl (C=O) groups excluding carboxylic acids is 2. The molecule has 2 aromatic rings. The highest BCUT2D eigenvalue weighted by atomic mass is 16.2. The molecule has 0 spiro atoms. The topological polar surface area (TPSA) is 82.9 Å². The van der Waals surface area contributed by atoms with E-state index < -0.39 is 6.04 Å². The summed E-state index contributed by atoms with van der Waals surface area (Å²) in [7, 11) is 1.55. The van der Waals surface area contributed by atoms with Gasteiger partial charge in [-0.2, -0.15) is 10.2 Å². The van der Waals surface area contributed by atoms with Crippen LogP contribution in [0.5, 0.6) is 0 Å². The van der Waals surface area contributed by atoms with Crippen LogP contribution in [0.4, 0.5) is 11.4 Å². The largest absolute Gasteiger partial charge is 0.357 e. The van der Waals surface area contributed by atoms with Gasteiger partial charge in [0.1, 0.15) is 6.04 Å². The van der Waals surface area contributed by atoms with Gasteiger partial charge in [-0.1, -0.05) is 30.3 Å². The van der Waals surface area contributed by atoms with Crippen LogP contribution in [0.3, 0.4) is 0 Å². The van der Waals surface area contributed by atoms with Crippen LogP contribution in [0.1, 0.15) is 12.5 Å². The Morgan fingerprint density at radius 1 is 0.958 bits per heavy atom. The lowest BCUT2D eigenvalue weighted by Gasteiger charge is -2.16. The first-order valence-electron chi connectivity index (χ1n) is 7.63. The zero-order chi connectivity index (χ0) is 17.4. The third-order valence-electron chi connectivity index (χ3n) is 3.35. The number of rotatable bonds is 6. The number of likely N-dealkylation sites (N-methyl/N-ethyl adjacent to an activating group) is 1. The Morgan fingerprint density at radius 3 is 2.08 bits per heavy atom. The molecule has 2 rings (SSSR count). The number of hydrogen-bond acceptors (Lipinski definition) is 4. The van der Waals surface area contributed by atoms with Gasteiger partial charge < -0.3 is 10.6 Å². The van der Waals surface area contributed by atoms with Gasteiger partial charge in [0.25, 0.3) is 0 Å². The number of nitrogens with zero attached hydrogens (tertiary/aromatic N) is 2. The van der Waals surface area contributed by atoms with E-state index in [1.54, 1.807) is 7.05 Å². The van der Waals surface area contributed by atoms with Crippen molar-refractivity contribution in [3.63, 3.8) is 0 Å². The Labute approximate surface area is 141 Å². The van der Waals surface area contributed by atoms with Crippen molar-refractivity contribution in [1.82, 2.24) is 10.6 Å². The Balaban J connectivity index is 2.04. The molecule has 0 heterocycles. The SMILES string of the molecule is CNC(=O)[C@H](Cc1ccc(N=Nc2ccccc2)cc1)NC(C)=O. The molecule has 0 fully saturated rings. The highest BCUT2D eigenvalue weighted by Gasteiger charge is 2.18. The predicted octanol–water partition coefficient (Wildman–Crippen LogP) is 2.90. The first kappa shape index (κ1) is 17.3. The maximum Gasteiger partial charge on any atom is 0.242 e. The summed E-state index contributed by atoms with van der Waals surface area (Å²) in [5.74, 6) is -0.463. The highest BCUT2D eigenvalue weighted by Crippen LogP contribution is 2.18. The van der Waals surface area contributed by atoms with Crippen LogP contribution in [-0.2, 0) is 16.0 Å². The van der Waals surface area contributed by atoms with Crippen LogP contribution in [-0.4, -0.2) is 24.9 Å². The molecule has 2 amide bonds. The summed E-state index contributed by atoms with van der Waals surface area (Å²) in [5.41, 5.74) is 2.43. The molecule has 0 bridgehead atoms. The predicted molar refractivity (Wildman–Crippen MR) is 92.4 cm³/mol. The van der Waals surface area contributed by atoms with Crippen molar-refractivity contribution in [3.8, 4) is 0 Å². The lowest BCUT2D eigenvalue weighted by Crippen LogP contribution is -2.46. The lowest BCUT2D eigenvalue weighted by atomic mass is 10.0. The van der Waals surface area contributed by atoms with Crippen LogP contribution in [0, 0.1) is 0 Å². The van der Waals surface area contributed by atoms with E-state index in [-0.39, 0.29) is 11.8 Å². The molecule has 0 aliphatic carbocycles. The molecule has 0 aromatic heterocycles. The Hall–Kier alpha value is -3.02. The van der Waals surface area contributed by atoms with E-state index in [1.165, 1.54) is 6.92 Å². The first-order chi connectivity index (χ1) is 11.6. The fraction of sp³-hybridized carbons (Fsp3) is 0.222. The number of azo groups is 1. The van der Waals surface area contributed by atoms with Crippen LogP contribution >= 0.6 is 0 Å². The molecule has 6 heteroatoms. The number of nitrogens with one attached hydrogen (secondary N) is 2. The number of hydrogen-bond donors (Lipinski definition) is 2. The molecular formula is C18H20N4O2. The smallest absolute Gasteiger partial charge is 0.242 e. The molecular weight excluding hydrogens is 304 g/mol. The summed E-state index contributed by atoms with van der Waals surface area (Å²) in [6.07, 6.45) is 0.412. The number of carbonyl (C=O) groups is 2. The Kier molecular flexibility index (Phi) is 6.19. The van der Waals surface area contributed by atoms with Crippen molar-refractivity contribution in [2.45, 2.75) is 19.4 Å². The summed E-state index contributed by atoms with van der Waals surface area (Å²) < 4.78 is 0. The molecule has 0 saturated heterocycles. The second kappa shape index (κ2) is 8.57. The second-order valence-electron chi connectivity index (χ2n) is 5.27. The van der Waals surface area contributed by atoms with E-state index >= 15 is 0 Å². The van der Waals surface area contributed by atoms with Crippen molar-refractivity contribution in [2.75, 3.05) is 7.05 Å². The van der Waals surface area contributed by atoms with E-state index in [4.69, 9.17) is 0 Å². The standard InChI is InChI=1S/C18H20N4O2/c1-13(23)20-17(18(24)19-2)12-14-8-10-16(11-9-14)22-21-15-6-4-3-5-7-15/h3-11,17H,12H2,1-2H3,(H,19,24)(H,20,23)/t17-/m0/s1. The average Bonchev–Trinajstić information content (AvgIpc) is 2.60. The fourth-order valence-electron chi connectivity index (χ4n) is 2.17. The third kappa shape index (κ3) is 5.31. The molecule has 124 valence electrons. The zero-order valence-corrected chi connectivity index (χ0v) is 13.7. The summed E-state index contributed by atoms with van der Waals surface area (Å²) in [4.78, 5) is 23.0. The quantitative estimate of drug-likeness (QED) is 0.801. The normalized spacial score (nSPS) is 11.9. The number of benzene rings is 2. The summed E-state index contributed by atoms with van der Waals surface area (Å²) >= 11 is 0. The third-order valence-corrected chi connectivity index (χ3v) is 3.35. The summed E-state index contributed by atoms with van der Waals surface area (Å²) in [6, 6.07) is 16.3. The van der Waals surface area contributed by atoms with Gasteiger partial charge >= 0.3 is 0 Å². The highest BCUT2D eigenvalue weighted by molar-refractivity contribution is 5.86. The zero-order valence-electron chi connectivity index (χ0n) is 13.7. The van der Waals surface area contributed by atoms with Crippen molar-refractivity contribution in [1.29, 1.82) is 0 Å². The molecule has 2 N–H and O–H groups in total. The van der Waals surface area contributed by atoms with Gasteiger partial charge in [-0.05, 0) is 29.8 Å². The van der Waals surface area contributed by atoms with Crippen LogP contribution in [0.15, 0.2) is 64.8 Å². The maximum absolute atomic E-state index is 11.8. The Morgan fingerprint density at radius 2 is 1.54 bits per heavy atom. The average molecular weight is 324 g/mol. The molecule has 0 aliphatic heterocycles. The molecule has 0 aliphatic rings. The van der Waals surface area contributed by atoms with Crippen LogP contribution < -0.4 is 10.6 Å². The lowest BCUT2D eigenvalue weighted by molar-refractivity contribution is -0.127. The van der Waals surface area contributed by atoms with E-state index in [0.717, 1.165) is 16.9 Å². The number of amides is 2. The monoisotopic (exact) mass is 324 g/mol. The molecule has 0 saturated carbocycles. The minimum atomic E-state index is -0.593. The molecule has 6 nitrogen and oxygen atoms in total. The maximum atomic E-state index is 11.8. The van der Waals surface area contributed by atoms with Gasteiger partial charge in [-0.3, -0.25) is 9.59 Å². The van der Waals surface area contributed by atoms with Crippen molar-refractivity contribution >= 4 is 23.2 Å². The fourth-order valence-corrected chi connectivity index (χ4v) is 2.17. The molecule has 0 radical (unpaired) electrons. The van der Waals surface area contributed by atoms with Crippen molar-refractivity contribution < 1.29 is 9.59 Å². The molecule has 0 unspecified atom stereocenters. The van der Waals surface area contributed by atoms with Crippen molar-refractivity contribution in [2.24, 2.45) is 10.2 Å². The van der Waals surface area contributed by atoms with Crippen LogP contribution in [0.2, 0.25) is 0 Å². The van der Waals surface area contributed by atoms with Gasteiger partial charge in [0.05, 0.1) is 11.4 Å². The summed E-state index contributed by atoms with van der Waals surface area (Å²) in [6.45, 7) is 1.39. The molecule has 24 heavy (non-hydrogen) atoms. The van der Waals surface area contributed by atoms with Gasteiger partial charge in [0.2, 0.25) is 11.8 Å². The minimum absolute atomic E-state index is 0.224. The van der Waals surface area contributed by atoms with Gasteiger partial charge in [0.15, 0.2) is 0 Å². The van der Waals surface area contributed by atoms with Crippen molar-refractivity contribution in [3.05, 3.63) is 60.2 Å². The van der Waals surface area contributed by atoms with Gasteiger partial charge in [-0.25, -0.2) is 0 Å². The molecule has 2 aromatic carbocycles. The second-order valence-corrected chi connectivity index (χ2v) is 5.27. The molecule has 1 atom stereocenters. The first-order valence-corrected chi connectivity index (χ1v) is 7.63. The van der Waals surface area contributed by atoms with Crippen LogP contribution in [0.25, 0.3) is 0 Å². The Bertz CT molecular complexity index is 712. The van der Waals surface area contributed by atoms with E-state index in [1.807, 2.05) is 54.6 Å². The van der Waals surface area contributed by atoms with E-state index in [2.05, 4.69) is 20.9 Å². The minimum Gasteiger partial charge on any atom is -0.357 e. The summed E-state index contributed by atoms with van der Waals surface area (Å²) in [5, 5.41) is 13.5. The van der Waals surface area contributed by atoms with E-state index in [0.29, 0.717) is 6.42 Å². The van der Waals surface area contributed by atoms with Gasteiger partial charge in [-0.15, -0.1) is 0 Å².